The molecule has 0 saturated carbocycles. The predicted octanol–water partition coefficient (Wildman–Crippen LogP) is 3.68. The number of nitrogens with one attached hydrogen (secondary N) is 2. The van der Waals surface area contributed by atoms with Crippen molar-refractivity contribution in [2.24, 2.45) is 4.99 Å². The van der Waals surface area contributed by atoms with Crippen molar-refractivity contribution in [3.05, 3.63) is 56.7 Å². The van der Waals surface area contributed by atoms with E-state index in [1.165, 1.54) is 16.2 Å². The minimum absolute atomic E-state index is 0. The van der Waals surface area contributed by atoms with Crippen LogP contribution in [0.5, 0.6) is 0 Å². The number of benzene rings is 1. The maximum atomic E-state index is 12.4. The number of aliphatic imine (C=N–C) groups is 1. The summed E-state index contributed by atoms with van der Waals surface area (Å²) < 4.78 is 0.635. The van der Waals surface area contributed by atoms with Crippen LogP contribution < -0.4 is 10.6 Å². The fraction of sp³-hybridized carbons (Fsp3) is 0.381. The molecule has 1 aliphatic heterocycles. The Labute approximate surface area is 207 Å². The van der Waals surface area contributed by atoms with Gasteiger partial charge in [0.15, 0.2) is 5.96 Å². The molecular weight excluding hydrogens is 551 g/mol. The molecule has 2 heterocycles. The summed E-state index contributed by atoms with van der Waals surface area (Å²) in [6.07, 6.45) is 0.751. The van der Waals surface area contributed by atoms with Crippen LogP contribution in [0.3, 0.4) is 0 Å². The highest BCUT2D eigenvalue weighted by atomic mass is 127. The lowest BCUT2D eigenvalue weighted by molar-refractivity contribution is 0.0652. The Bertz CT molecular complexity index is 902. The molecule has 1 atom stereocenters. The number of fused-ring (bicyclic) bond motifs is 1. The van der Waals surface area contributed by atoms with Gasteiger partial charge in [0.25, 0.3) is 11.8 Å². The quantitative estimate of drug-likeness (QED) is 0.139. The Morgan fingerprint density at radius 1 is 1.13 bits per heavy atom. The smallest absolute Gasteiger partial charge is 0.261 e. The van der Waals surface area contributed by atoms with Gasteiger partial charge in [-0.3, -0.25) is 19.5 Å². The molecule has 2 amide bonds. The molecule has 0 fully saturated rings. The lowest BCUT2D eigenvalue weighted by Crippen LogP contribution is -2.38. The minimum atomic E-state index is -0.702. The largest absolute Gasteiger partial charge is 0.386 e. The third-order valence-corrected chi connectivity index (χ3v) is 6.00. The number of hydrogen-bond donors (Lipinski definition) is 3. The zero-order chi connectivity index (χ0) is 21.5. The Balaban J connectivity index is 0.00000341. The Morgan fingerprint density at radius 3 is 2.39 bits per heavy atom. The fourth-order valence-corrected chi connectivity index (χ4v) is 4.20. The molecule has 31 heavy (non-hydrogen) atoms. The molecule has 3 rings (SSSR count). The number of halogens is 2. The summed E-state index contributed by atoms with van der Waals surface area (Å²) in [4.78, 5) is 31.2. The van der Waals surface area contributed by atoms with E-state index in [0.717, 1.165) is 11.3 Å². The van der Waals surface area contributed by atoms with E-state index in [1.54, 1.807) is 36.4 Å². The summed E-state index contributed by atoms with van der Waals surface area (Å²) in [5.74, 6) is 0.169. The summed E-state index contributed by atoms with van der Waals surface area (Å²) in [6.45, 7) is 3.91. The molecule has 7 nitrogen and oxygen atoms in total. The molecular formula is C21H26ClIN4O3S. The summed E-state index contributed by atoms with van der Waals surface area (Å²) in [5, 5.41) is 16.6. The van der Waals surface area contributed by atoms with Crippen molar-refractivity contribution < 1.29 is 14.7 Å². The number of aliphatic hydroxyl groups is 1. The van der Waals surface area contributed by atoms with E-state index in [-0.39, 0.29) is 42.3 Å². The van der Waals surface area contributed by atoms with Crippen molar-refractivity contribution in [3.8, 4) is 0 Å². The highest BCUT2D eigenvalue weighted by Crippen LogP contribution is 2.27. The third-order valence-electron chi connectivity index (χ3n) is 4.67. The number of carbonyl (C=O) groups excluding carboxylic acids is 2. The first kappa shape index (κ1) is 25.6. The molecule has 10 heteroatoms. The van der Waals surface area contributed by atoms with Crippen LogP contribution in [0.1, 0.15) is 51.5 Å². The van der Waals surface area contributed by atoms with E-state index in [1.807, 2.05) is 6.92 Å². The maximum Gasteiger partial charge on any atom is 0.261 e. The first-order valence-corrected chi connectivity index (χ1v) is 11.1. The van der Waals surface area contributed by atoms with Crippen LogP contribution in [0.4, 0.5) is 0 Å². The number of carbonyl (C=O) groups is 2. The van der Waals surface area contributed by atoms with Gasteiger partial charge in [-0.2, -0.15) is 0 Å². The number of imide groups is 1. The van der Waals surface area contributed by atoms with E-state index in [2.05, 4.69) is 15.6 Å². The van der Waals surface area contributed by atoms with Crippen molar-refractivity contribution in [1.29, 1.82) is 0 Å². The standard InChI is InChI=1S/C21H25ClN4O3S.HI/c1-2-23-21(25-13-16(27)17-9-10-18(22)30-17)24-11-5-6-12-26-19(28)14-7-3-4-8-15(14)20(26)29;/h3-4,7-10,16,27H,2,5-6,11-13H2,1H3,(H2,23,24,25);1H. The van der Waals surface area contributed by atoms with E-state index in [9.17, 15) is 14.7 Å². The van der Waals surface area contributed by atoms with Gasteiger partial charge in [0.2, 0.25) is 0 Å². The second-order valence-corrected chi connectivity index (χ2v) is 8.57. The number of aliphatic hydroxyl groups excluding tert-OH is 1. The lowest BCUT2D eigenvalue weighted by Gasteiger charge is -2.15. The van der Waals surface area contributed by atoms with Crippen molar-refractivity contribution in [1.82, 2.24) is 15.5 Å². The number of hydrogen-bond acceptors (Lipinski definition) is 5. The molecule has 1 aromatic carbocycles. The normalized spacial score (nSPS) is 14.3. The van der Waals surface area contributed by atoms with Gasteiger partial charge in [0.1, 0.15) is 6.10 Å². The number of guanidine groups is 1. The topological polar surface area (TPSA) is 94.0 Å². The van der Waals surface area contributed by atoms with Crippen LogP contribution in [-0.2, 0) is 0 Å². The second-order valence-electron chi connectivity index (χ2n) is 6.82. The van der Waals surface area contributed by atoms with Crippen LogP contribution >= 0.6 is 46.9 Å². The average Bonchev–Trinajstić information content (AvgIpc) is 3.28. The van der Waals surface area contributed by atoms with E-state index in [4.69, 9.17) is 11.6 Å². The maximum absolute atomic E-state index is 12.4. The first-order chi connectivity index (χ1) is 14.5. The summed E-state index contributed by atoms with van der Waals surface area (Å²) in [6, 6.07) is 10.5. The molecule has 168 valence electrons. The zero-order valence-electron chi connectivity index (χ0n) is 17.1. The van der Waals surface area contributed by atoms with Crippen molar-refractivity contribution in [2.45, 2.75) is 25.9 Å². The lowest BCUT2D eigenvalue weighted by atomic mass is 10.1. The fourth-order valence-electron chi connectivity index (χ4n) is 3.16. The molecule has 1 aromatic heterocycles. The molecule has 3 N–H and O–H groups in total. The minimum Gasteiger partial charge on any atom is -0.386 e. The number of amides is 2. The Kier molecular flexibility index (Phi) is 10.2. The van der Waals surface area contributed by atoms with Crippen LogP contribution in [0.15, 0.2) is 41.4 Å². The molecule has 1 aliphatic rings. The predicted molar refractivity (Wildman–Crippen MR) is 135 cm³/mol. The van der Waals surface area contributed by atoms with Gasteiger partial charge in [0.05, 0.1) is 22.0 Å². The highest BCUT2D eigenvalue weighted by Gasteiger charge is 2.34. The van der Waals surface area contributed by atoms with Gasteiger partial charge >= 0.3 is 0 Å². The van der Waals surface area contributed by atoms with Gasteiger partial charge in [-0.15, -0.1) is 35.3 Å². The van der Waals surface area contributed by atoms with E-state index in [0.29, 0.717) is 47.5 Å². The highest BCUT2D eigenvalue weighted by molar-refractivity contribution is 14.0. The Hall–Kier alpha value is -1.69. The molecule has 0 spiro atoms. The van der Waals surface area contributed by atoms with E-state index < -0.39 is 6.10 Å². The molecule has 2 aromatic rings. The van der Waals surface area contributed by atoms with Gasteiger partial charge in [-0.1, -0.05) is 23.7 Å². The first-order valence-electron chi connectivity index (χ1n) is 9.92. The van der Waals surface area contributed by atoms with Gasteiger partial charge in [0, 0.05) is 24.5 Å². The second kappa shape index (κ2) is 12.4. The number of rotatable bonds is 9. The summed E-state index contributed by atoms with van der Waals surface area (Å²) >= 11 is 7.25. The van der Waals surface area contributed by atoms with Gasteiger partial charge in [-0.05, 0) is 44.0 Å². The number of unbranched alkanes of at least 4 members (excludes halogenated alkanes) is 1. The van der Waals surface area contributed by atoms with Crippen LogP contribution in [0.25, 0.3) is 0 Å². The molecule has 1 unspecified atom stereocenters. The molecule has 0 saturated heterocycles. The van der Waals surface area contributed by atoms with Crippen LogP contribution in [0, 0.1) is 0 Å². The summed E-state index contributed by atoms with van der Waals surface area (Å²) in [5.41, 5.74) is 0.959. The zero-order valence-corrected chi connectivity index (χ0v) is 21.0. The van der Waals surface area contributed by atoms with Crippen molar-refractivity contribution in [3.63, 3.8) is 0 Å². The van der Waals surface area contributed by atoms with Crippen molar-refractivity contribution >= 4 is 64.7 Å². The molecule has 0 bridgehead atoms. The van der Waals surface area contributed by atoms with Gasteiger partial charge in [-0.25, -0.2) is 0 Å². The molecule has 0 radical (unpaired) electrons. The molecule has 0 aliphatic carbocycles. The monoisotopic (exact) mass is 576 g/mol. The van der Waals surface area contributed by atoms with Crippen LogP contribution in [0.2, 0.25) is 4.34 Å². The van der Waals surface area contributed by atoms with Crippen LogP contribution in [-0.4, -0.2) is 54.0 Å². The average molecular weight is 577 g/mol. The summed E-state index contributed by atoms with van der Waals surface area (Å²) in [7, 11) is 0. The Morgan fingerprint density at radius 2 is 1.81 bits per heavy atom. The number of thiophene rings is 1. The van der Waals surface area contributed by atoms with Crippen molar-refractivity contribution in [2.75, 3.05) is 26.2 Å². The number of nitrogens with zero attached hydrogens (tertiary/aromatic N) is 2. The SMILES string of the molecule is CCNC(=NCC(O)c1ccc(Cl)s1)NCCCCN1C(=O)c2ccccc2C1=O.I. The van der Waals surface area contributed by atoms with E-state index >= 15 is 0 Å². The van der Waals surface area contributed by atoms with Gasteiger partial charge < -0.3 is 15.7 Å². The third kappa shape index (κ3) is 6.64.